The number of benzene rings is 10. The van der Waals surface area contributed by atoms with Gasteiger partial charge in [-0.3, -0.25) is 0 Å². The third-order valence-electron chi connectivity index (χ3n) is 15.6. The van der Waals surface area contributed by atoms with E-state index in [1.54, 1.807) is 0 Å². The predicted octanol–water partition coefficient (Wildman–Crippen LogP) is 16.0. The molecular weight excluding hydrogens is 809 g/mol. The van der Waals surface area contributed by atoms with E-state index < -0.39 is 5.41 Å². The van der Waals surface area contributed by atoms with Crippen molar-refractivity contribution in [1.29, 1.82) is 0 Å². The van der Waals surface area contributed by atoms with Crippen molar-refractivity contribution in [2.45, 2.75) is 18.3 Å². The summed E-state index contributed by atoms with van der Waals surface area (Å²) < 4.78 is 0. The van der Waals surface area contributed by atoms with Crippen LogP contribution in [0.1, 0.15) is 44.5 Å². The van der Waals surface area contributed by atoms with Crippen LogP contribution in [0.4, 0.5) is 22.7 Å². The summed E-state index contributed by atoms with van der Waals surface area (Å²) in [4.78, 5) is 4.69. The minimum atomic E-state index is -0.453. The molecule has 0 N–H and O–H groups in total. The summed E-state index contributed by atoms with van der Waals surface area (Å²) in [5.74, 6) is 0. The summed E-state index contributed by atoms with van der Waals surface area (Å²) >= 11 is 0. The summed E-state index contributed by atoms with van der Waals surface area (Å²) in [6, 6.07) is 82.5. The van der Waals surface area contributed by atoms with Crippen molar-refractivity contribution < 1.29 is 0 Å². The van der Waals surface area contributed by atoms with Crippen molar-refractivity contribution >= 4 is 22.7 Å². The van der Waals surface area contributed by atoms with Crippen LogP contribution in [0, 0.1) is 0 Å². The second-order valence-electron chi connectivity index (χ2n) is 18.9. The van der Waals surface area contributed by atoms with Gasteiger partial charge in [0.15, 0.2) is 0 Å². The average molecular weight is 855 g/mol. The summed E-state index contributed by atoms with van der Waals surface area (Å²) in [6.07, 6.45) is 1.93. The van der Waals surface area contributed by atoms with E-state index in [4.69, 9.17) is 0 Å². The third kappa shape index (κ3) is 5.57. The summed E-state index contributed by atoms with van der Waals surface area (Å²) in [7, 11) is 4.38. The van der Waals surface area contributed by atoms with Crippen LogP contribution in [-0.4, -0.2) is 14.1 Å². The highest BCUT2D eigenvalue weighted by atomic mass is 15.1. The molecule has 0 saturated heterocycles. The lowest BCUT2D eigenvalue weighted by molar-refractivity contribution is 0.794. The van der Waals surface area contributed by atoms with Crippen LogP contribution in [0.15, 0.2) is 218 Å². The second kappa shape index (κ2) is 14.4. The normalized spacial score (nSPS) is 14.1. The fraction of sp³-hybridized carbons (Fsp3) is 0.0769. The molecule has 0 fully saturated rings. The Hall–Kier alpha value is -8.20. The lowest BCUT2D eigenvalue weighted by Gasteiger charge is -2.31. The lowest BCUT2D eigenvalue weighted by atomic mass is 9.70. The largest absolute Gasteiger partial charge is 0.344 e. The molecule has 10 aromatic carbocycles. The summed E-state index contributed by atoms with van der Waals surface area (Å²) in [5.41, 5.74) is 30.7. The Bertz CT molecular complexity index is 3430. The molecule has 0 amide bonds. The molecule has 2 nitrogen and oxygen atoms in total. The molecule has 0 unspecified atom stereocenters. The van der Waals surface area contributed by atoms with Crippen molar-refractivity contribution in [3.8, 4) is 66.8 Å². The van der Waals surface area contributed by atoms with Gasteiger partial charge in [-0.1, -0.05) is 182 Å². The molecule has 316 valence electrons. The van der Waals surface area contributed by atoms with E-state index >= 15 is 0 Å². The number of para-hydroxylation sites is 2. The topological polar surface area (TPSA) is 6.48 Å². The second-order valence-corrected chi connectivity index (χ2v) is 18.9. The first-order valence-corrected chi connectivity index (χ1v) is 23.6. The van der Waals surface area contributed by atoms with Crippen LogP contribution in [0.2, 0.25) is 0 Å². The lowest BCUT2D eigenvalue weighted by Crippen LogP contribution is -2.26. The molecule has 14 rings (SSSR count). The first-order valence-electron chi connectivity index (χ1n) is 23.6. The van der Waals surface area contributed by atoms with E-state index in [1.165, 1.54) is 134 Å². The predicted molar refractivity (Wildman–Crippen MR) is 279 cm³/mol. The van der Waals surface area contributed by atoms with Crippen molar-refractivity contribution in [3.63, 3.8) is 0 Å². The molecule has 0 aromatic heterocycles. The van der Waals surface area contributed by atoms with Gasteiger partial charge in [0.1, 0.15) is 0 Å². The van der Waals surface area contributed by atoms with Crippen molar-refractivity contribution in [2.24, 2.45) is 0 Å². The van der Waals surface area contributed by atoms with Gasteiger partial charge in [-0.25, -0.2) is 0 Å². The van der Waals surface area contributed by atoms with Gasteiger partial charge in [0.25, 0.3) is 0 Å². The first-order chi connectivity index (χ1) is 33.0. The smallest absolute Gasteiger partial charge is 0.0725 e. The Morgan fingerprint density at radius 3 is 1.01 bits per heavy atom. The Morgan fingerprint density at radius 1 is 0.269 bits per heavy atom. The van der Waals surface area contributed by atoms with Gasteiger partial charge in [0.2, 0.25) is 0 Å². The average Bonchev–Trinajstić information content (AvgIpc) is 3.85. The molecule has 0 radical (unpaired) electrons. The van der Waals surface area contributed by atoms with Crippen LogP contribution < -0.4 is 9.80 Å². The van der Waals surface area contributed by atoms with Crippen LogP contribution >= 0.6 is 0 Å². The van der Waals surface area contributed by atoms with Gasteiger partial charge in [0, 0.05) is 49.7 Å². The minimum absolute atomic E-state index is 0.453. The van der Waals surface area contributed by atoms with E-state index in [0.717, 1.165) is 12.8 Å². The number of anilines is 4. The molecule has 0 bridgehead atoms. The van der Waals surface area contributed by atoms with Gasteiger partial charge in [-0.05, 0) is 148 Å². The van der Waals surface area contributed by atoms with Gasteiger partial charge >= 0.3 is 0 Å². The molecule has 0 saturated carbocycles. The van der Waals surface area contributed by atoms with Gasteiger partial charge < -0.3 is 9.80 Å². The number of hydrogen-bond donors (Lipinski definition) is 0. The molecule has 2 aliphatic carbocycles. The van der Waals surface area contributed by atoms with E-state index in [-0.39, 0.29) is 0 Å². The number of rotatable bonds is 4. The maximum atomic E-state index is 2.50. The number of hydrogen-bond acceptors (Lipinski definition) is 2. The van der Waals surface area contributed by atoms with E-state index in [9.17, 15) is 0 Å². The fourth-order valence-corrected chi connectivity index (χ4v) is 12.3. The fourth-order valence-electron chi connectivity index (χ4n) is 12.3. The van der Waals surface area contributed by atoms with E-state index in [2.05, 4.69) is 242 Å². The monoisotopic (exact) mass is 854 g/mol. The van der Waals surface area contributed by atoms with Crippen LogP contribution in [0.3, 0.4) is 0 Å². The maximum Gasteiger partial charge on any atom is 0.0725 e. The zero-order valence-corrected chi connectivity index (χ0v) is 37.6. The van der Waals surface area contributed by atoms with Gasteiger partial charge in [0.05, 0.1) is 5.41 Å². The molecule has 2 heteroatoms. The standard InChI is InChI=1S/C65H46N2/c1-66-61-17-9-3-11-49(61)35-51-29-27-47(39-63(51)66)43-23-19-41(20-24-43)45-31-33-55-56-34-32-46(38-60(56)65(59(55)37-45)57-15-7-5-13-53(57)54-14-6-8-16-58(54)65)42-21-25-44(26-22-42)48-28-30-52-36-50-12-4-10-18-62(50)67(2)64(52)40-48/h3-34,37-40H,35-36H2,1-2H3. The maximum absolute atomic E-state index is 2.50. The highest BCUT2D eigenvalue weighted by Gasteiger charge is 2.51. The van der Waals surface area contributed by atoms with Crippen LogP contribution in [0.5, 0.6) is 0 Å². The van der Waals surface area contributed by atoms with E-state index in [1.807, 2.05) is 0 Å². The molecule has 4 aliphatic rings. The van der Waals surface area contributed by atoms with Crippen molar-refractivity contribution in [2.75, 3.05) is 23.9 Å². The Balaban J connectivity index is 0.837. The molecular formula is C65H46N2. The van der Waals surface area contributed by atoms with Gasteiger partial charge in [-0.15, -0.1) is 0 Å². The third-order valence-corrected chi connectivity index (χ3v) is 15.6. The Labute approximate surface area is 392 Å². The van der Waals surface area contributed by atoms with Gasteiger partial charge in [-0.2, -0.15) is 0 Å². The molecule has 67 heavy (non-hydrogen) atoms. The SMILES string of the molecule is CN1c2ccccc2Cc2ccc(-c3ccc(-c4ccc5c(c4)C4(c6ccccc6-c6ccccc64)c4cc(-c6ccc(-c7ccc8c(c7)N(C)c7ccccc7C8)cc6)ccc4-5)cc3)cc21. The molecule has 2 heterocycles. The molecule has 1 spiro atoms. The zero-order chi connectivity index (χ0) is 44.4. The molecule has 2 aliphatic heterocycles. The summed E-state index contributed by atoms with van der Waals surface area (Å²) in [5, 5.41) is 0. The van der Waals surface area contributed by atoms with E-state index in [0.29, 0.717) is 0 Å². The first kappa shape index (κ1) is 38.1. The van der Waals surface area contributed by atoms with Crippen molar-refractivity contribution in [1.82, 2.24) is 0 Å². The molecule has 0 atom stereocenters. The quantitative estimate of drug-likeness (QED) is 0.174. The van der Waals surface area contributed by atoms with Crippen LogP contribution in [0.25, 0.3) is 66.8 Å². The minimum Gasteiger partial charge on any atom is -0.344 e. The van der Waals surface area contributed by atoms with Crippen LogP contribution in [-0.2, 0) is 18.3 Å². The highest BCUT2D eigenvalue weighted by molar-refractivity contribution is 5.97. The zero-order valence-electron chi connectivity index (χ0n) is 37.6. The number of nitrogens with zero attached hydrogens (tertiary/aromatic N) is 2. The Kier molecular flexibility index (Phi) is 8.19. The molecule has 10 aromatic rings. The Morgan fingerprint density at radius 2 is 0.582 bits per heavy atom. The summed E-state index contributed by atoms with van der Waals surface area (Å²) in [6.45, 7) is 0. The van der Waals surface area contributed by atoms with Crippen molar-refractivity contribution in [3.05, 3.63) is 263 Å². The number of fused-ring (bicyclic) bond motifs is 14. The highest BCUT2D eigenvalue weighted by Crippen LogP contribution is 2.63.